The van der Waals surface area contributed by atoms with Gasteiger partial charge in [0.25, 0.3) is 0 Å². The maximum absolute atomic E-state index is 11.6. The van der Waals surface area contributed by atoms with Gasteiger partial charge in [0, 0.05) is 30.9 Å². The van der Waals surface area contributed by atoms with Crippen LogP contribution in [-0.2, 0) is 4.74 Å². The average Bonchev–Trinajstić information content (AvgIpc) is 2.90. The Morgan fingerprint density at radius 3 is 3.29 bits per heavy atom. The lowest BCUT2D eigenvalue weighted by Gasteiger charge is -2.31. The van der Waals surface area contributed by atoms with E-state index in [1.165, 1.54) is 0 Å². The molecule has 2 rings (SSSR count). The van der Waals surface area contributed by atoms with Gasteiger partial charge in [0.15, 0.2) is 0 Å². The van der Waals surface area contributed by atoms with Gasteiger partial charge in [-0.3, -0.25) is 5.10 Å². The average molecular weight is 239 g/mol. The predicted octanol–water partition coefficient (Wildman–Crippen LogP) is 0.718. The molecular weight excluding hydrogens is 222 g/mol. The Morgan fingerprint density at radius 2 is 2.59 bits per heavy atom. The van der Waals surface area contributed by atoms with E-state index >= 15 is 0 Å². The van der Waals surface area contributed by atoms with Crippen LogP contribution in [-0.4, -0.2) is 52.6 Å². The standard InChI is InChI=1S/C11H17N3O3/c15-6-7-17-11(16)14-5-1-2-9(8-14)10-3-4-12-13-10/h3-4,9,15H,1-2,5-8H2,(H,12,13). The molecular formula is C11H17N3O3. The van der Waals surface area contributed by atoms with E-state index in [2.05, 4.69) is 10.2 Å². The van der Waals surface area contributed by atoms with Gasteiger partial charge in [-0.15, -0.1) is 0 Å². The van der Waals surface area contributed by atoms with Crippen LogP contribution in [0.5, 0.6) is 0 Å². The molecule has 17 heavy (non-hydrogen) atoms. The number of hydrogen-bond acceptors (Lipinski definition) is 4. The number of ether oxygens (including phenoxy) is 1. The molecule has 2 heterocycles. The highest BCUT2D eigenvalue weighted by molar-refractivity contribution is 5.67. The zero-order chi connectivity index (χ0) is 12.1. The number of H-pyrrole nitrogens is 1. The van der Waals surface area contributed by atoms with Crippen molar-refractivity contribution in [3.63, 3.8) is 0 Å². The molecule has 1 saturated heterocycles. The lowest BCUT2D eigenvalue weighted by atomic mass is 9.95. The van der Waals surface area contributed by atoms with Crippen molar-refractivity contribution in [3.8, 4) is 0 Å². The molecule has 1 aromatic heterocycles. The molecule has 0 aliphatic carbocycles. The zero-order valence-electron chi connectivity index (χ0n) is 9.63. The van der Waals surface area contributed by atoms with Crippen LogP contribution < -0.4 is 0 Å². The van der Waals surface area contributed by atoms with Gasteiger partial charge in [-0.1, -0.05) is 0 Å². The SMILES string of the molecule is O=C(OCCO)N1CCCC(c2ccn[nH]2)C1. The Morgan fingerprint density at radius 1 is 1.71 bits per heavy atom. The van der Waals surface area contributed by atoms with E-state index in [-0.39, 0.29) is 19.3 Å². The molecule has 1 aliphatic rings. The van der Waals surface area contributed by atoms with E-state index in [0.717, 1.165) is 25.1 Å². The molecule has 6 nitrogen and oxygen atoms in total. The second kappa shape index (κ2) is 5.67. The van der Waals surface area contributed by atoms with E-state index in [0.29, 0.717) is 12.5 Å². The van der Waals surface area contributed by atoms with Gasteiger partial charge in [0.05, 0.1) is 6.61 Å². The van der Waals surface area contributed by atoms with Crippen LogP contribution in [0, 0.1) is 0 Å². The molecule has 1 fully saturated rings. The Bertz CT molecular complexity index is 353. The van der Waals surface area contributed by atoms with Gasteiger partial charge in [-0.2, -0.15) is 5.10 Å². The first-order chi connectivity index (χ1) is 8.31. The highest BCUT2D eigenvalue weighted by Crippen LogP contribution is 2.25. The van der Waals surface area contributed by atoms with Gasteiger partial charge in [-0.25, -0.2) is 4.79 Å². The van der Waals surface area contributed by atoms with E-state index in [9.17, 15) is 4.79 Å². The molecule has 1 amide bonds. The second-order valence-electron chi connectivity index (χ2n) is 4.14. The van der Waals surface area contributed by atoms with E-state index in [1.54, 1.807) is 11.1 Å². The fourth-order valence-corrected chi connectivity index (χ4v) is 2.12. The Hall–Kier alpha value is -1.56. The number of aromatic amines is 1. The summed E-state index contributed by atoms with van der Waals surface area (Å²) in [6, 6.07) is 1.94. The summed E-state index contributed by atoms with van der Waals surface area (Å²) in [5, 5.41) is 15.5. The number of carbonyl (C=O) groups is 1. The number of nitrogens with one attached hydrogen (secondary N) is 1. The van der Waals surface area contributed by atoms with Gasteiger partial charge >= 0.3 is 6.09 Å². The third-order valence-corrected chi connectivity index (χ3v) is 2.96. The van der Waals surface area contributed by atoms with E-state index < -0.39 is 0 Å². The van der Waals surface area contributed by atoms with Crippen LogP contribution in [0.2, 0.25) is 0 Å². The van der Waals surface area contributed by atoms with Gasteiger partial charge in [0.1, 0.15) is 6.61 Å². The van der Waals surface area contributed by atoms with Gasteiger partial charge < -0.3 is 14.7 Å². The lowest BCUT2D eigenvalue weighted by Crippen LogP contribution is -2.39. The van der Waals surface area contributed by atoms with Crippen LogP contribution in [0.3, 0.4) is 0 Å². The topological polar surface area (TPSA) is 78.5 Å². The number of nitrogens with zero attached hydrogens (tertiary/aromatic N) is 2. The van der Waals surface area contributed by atoms with Gasteiger partial charge in [0.2, 0.25) is 0 Å². The van der Waals surface area contributed by atoms with Crippen LogP contribution in [0.1, 0.15) is 24.5 Å². The fraction of sp³-hybridized carbons (Fsp3) is 0.636. The summed E-state index contributed by atoms with van der Waals surface area (Å²) in [6.07, 6.45) is 3.38. The third-order valence-electron chi connectivity index (χ3n) is 2.96. The summed E-state index contributed by atoms with van der Waals surface area (Å²) < 4.78 is 4.91. The van der Waals surface area contributed by atoms with E-state index in [4.69, 9.17) is 9.84 Å². The van der Waals surface area contributed by atoms with Crippen LogP contribution in [0.4, 0.5) is 4.79 Å². The number of aromatic nitrogens is 2. The number of hydrogen-bond donors (Lipinski definition) is 2. The molecule has 0 aromatic carbocycles. The number of piperidine rings is 1. The number of likely N-dealkylation sites (tertiary alicyclic amines) is 1. The Kier molecular flexibility index (Phi) is 3.98. The maximum atomic E-state index is 11.6. The normalized spacial score (nSPS) is 20.3. The monoisotopic (exact) mass is 239 g/mol. The number of rotatable bonds is 3. The summed E-state index contributed by atoms with van der Waals surface area (Å²) in [6.45, 7) is 1.29. The number of aliphatic hydroxyl groups excluding tert-OH is 1. The van der Waals surface area contributed by atoms with Crippen LogP contribution in [0.25, 0.3) is 0 Å². The second-order valence-corrected chi connectivity index (χ2v) is 4.14. The van der Waals surface area contributed by atoms with Gasteiger partial charge in [-0.05, 0) is 18.9 Å². The summed E-state index contributed by atoms with van der Waals surface area (Å²) in [5.74, 6) is 0.299. The molecule has 6 heteroatoms. The highest BCUT2D eigenvalue weighted by Gasteiger charge is 2.26. The Labute approximate surface area is 99.6 Å². The smallest absolute Gasteiger partial charge is 0.409 e. The number of amides is 1. The molecule has 0 radical (unpaired) electrons. The molecule has 1 aliphatic heterocycles. The van der Waals surface area contributed by atoms with Crippen molar-refractivity contribution < 1.29 is 14.6 Å². The molecule has 1 atom stereocenters. The Balaban J connectivity index is 1.90. The van der Waals surface area contributed by atoms with Crippen molar-refractivity contribution in [1.29, 1.82) is 0 Å². The molecule has 0 spiro atoms. The van der Waals surface area contributed by atoms with Crippen molar-refractivity contribution >= 4 is 6.09 Å². The lowest BCUT2D eigenvalue weighted by molar-refractivity contribution is 0.0755. The molecule has 1 aromatic rings. The minimum Gasteiger partial charge on any atom is -0.447 e. The minimum atomic E-state index is -0.344. The molecule has 0 saturated carbocycles. The van der Waals surface area contributed by atoms with Crippen molar-refractivity contribution in [2.75, 3.05) is 26.3 Å². The van der Waals surface area contributed by atoms with Crippen molar-refractivity contribution in [2.24, 2.45) is 0 Å². The quantitative estimate of drug-likeness (QED) is 0.814. The predicted molar refractivity (Wildman–Crippen MR) is 60.6 cm³/mol. The largest absolute Gasteiger partial charge is 0.447 e. The molecule has 1 unspecified atom stereocenters. The molecule has 94 valence electrons. The first-order valence-electron chi connectivity index (χ1n) is 5.83. The van der Waals surface area contributed by atoms with Crippen LogP contribution >= 0.6 is 0 Å². The zero-order valence-corrected chi connectivity index (χ0v) is 9.63. The fourth-order valence-electron chi connectivity index (χ4n) is 2.12. The van der Waals surface area contributed by atoms with Crippen LogP contribution in [0.15, 0.2) is 12.3 Å². The first-order valence-corrected chi connectivity index (χ1v) is 5.83. The summed E-state index contributed by atoms with van der Waals surface area (Å²) >= 11 is 0. The first kappa shape index (κ1) is 11.9. The number of aliphatic hydroxyl groups is 1. The van der Waals surface area contributed by atoms with Crippen molar-refractivity contribution in [3.05, 3.63) is 18.0 Å². The third kappa shape index (κ3) is 2.97. The number of carbonyl (C=O) groups excluding carboxylic acids is 1. The maximum Gasteiger partial charge on any atom is 0.409 e. The van der Waals surface area contributed by atoms with Crippen molar-refractivity contribution in [1.82, 2.24) is 15.1 Å². The van der Waals surface area contributed by atoms with E-state index in [1.807, 2.05) is 6.07 Å². The minimum absolute atomic E-state index is 0.0596. The summed E-state index contributed by atoms with van der Waals surface area (Å²) in [4.78, 5) is 13.3. The molecule has 2 N–H and O–H groups in total. The summed E-state index contributed by atoms with van der Waals surface area (Å²) in [5.41, 5.74) is 1.06. The summed E-state index contributed by atoms with van der Waals surface area (Å²) in [7, 11) is 0. The molecule has 0 bridgehead atoms. The highest BCUT2D eigenvalue weighted by atomic mass is 16.6. The van der Waals surface area contributed by atoms with Crippen molar-refractivity contribution in [2.45, 2.75) is 18.8 Å².